The monoisotopic (exact) mass is 1020 g/mol. The number of fused-ring (bicyclic) bond motifs is 1. The number of likely N-dealkylation sites (N-methyl/N-ethyl adjacent to an activating group) is 1. The minimum atomic E-state index is -4.99. The molecule has 13 nitrogen and oxygen atoms in total. The first-order valence-corrected chi connectivity index (χ1v) is 23.8. The highest BCUT2D eigenvalue weighted by atomic mass is 19.4. The van der Waals surface area contributed by atoms with Gasteiger partial charge in [0.2, 0.25) is 17.5 Å². The average molecular weight is 1020 g/mol. The molecule has 2 aromatic carbocycles. The molecule has 0 aromatic heterocycles. The normalized spacial score (nSPS) is 22.4. The molecule has 4 atom stereocenters. The number of Topliss-reactive ketones (excluding diaryl/α,β-unsaturated/α-hetero) is 2. The molecule has 7 rings (SSSR count). The van der Waals surface area contributed by atoms with Gasteiger partial charge in [0.1, 0.15) is 16.8 Å². The van der Waals surface area contributed by atoms with Crippen LogP contribution in [0.2, 0.25) is 0 Å². The number of nitrogens with one attached hydrogen (secondary N) is 2. The van der Waals surface area contributed by atoms with Gasteiger partial charge in [-0.3, -0.25) is 24.8 Å². The van der Waals surface area contributed by atoms with Crippen LogP contribution >= 0.6 is 0 Å². The largest absolute Gasteiger partial charge is 0.505 e. The number of rotatable bonds is 21. The molecular formula is C51H56F8N4O9. The summed E-state index contributed by atoms with van der Waals surface area (Å²) in [4.78, 5) is 45.8. The molecule has 1 saturated heterocycles. The van der Waals surface area contributed by atoms with Crippen LogP contribution in [0, 0.1) is 34.8 Å². The number of aliphatic imine (C=N–C) groups is 1. The van der Waals surface area contributed by atoms with E-state index in [-0.39, 0.29) is 87.3 Å². The van der Waals surface area contributed by atoms with Crippen molar-refractivity contribution in [3.05, 3.63) is 111 Å². The van der Waals surface area contributed by atoms with Crippen molar-refractivity contribution in [1.29, 1.82) is 5.41 Å². The van der Waals surface area contributed by atoms with Crippen LogP contribution in [-0.4, -0.2) is 120 Å². The maximum atomic E-state index is 15.7. The first-order valence-electron chi connectivity index (χ1n) is 23.8. The zero-order chi connectivity index (χ0) is 52.1. The number of aliphatic hydroxyl groups excluding tert-OH is 3. The lowest BCUT2D eigenvalue weighted by Crippen LogP contribution is -2.57. The number of halogens is 8. The Morgan fingerprint density at radius 3 is 2.29 bits per heavy atom. The number of carbonyl (C=O) groups excluding carboxylic acids is 3. The van der Waals surface area contributed by atoms with Crippen LogP contribution in [0.5, 0.6) is 5.75 Å². The van der Waals surface area contributed by atoms with Gasteiger partial charge in [0.05, 0.1) is 56.1 Å². The van der Waals surface area contributed by atoms with E-state index in [1.807, 2.05) is 0 Å². The number of benzene rings is 2. The summed E-state index contributed by atoms with van der Waals surface area (Å²) >= 11 is 0. The second-order valence-electron chi connectivity index (χ2n) is 18.7. The predicted octanol–water partition coefficient (Wildman–Crippen LogP) is 7.96. The summed E-state index contributed by atoms with van der Waals surface area (Å²) in [5.41, 5.74) is -7.55. The number of piperidine rings is 1. The fourth-order valence-corrected chi connectivity index (χ4v) is 9.73. The van der Waals surface area contributed by atoms with Crippen molar-refractivity contribution in [1.82, 2.24) is 10.2 Å². The Labute approximate surface area is 409 Å². The maximum Gasteiger partial charge on any atom is 0.416 e. The van der Waals surface area contributed by atoms with Crippen LogP contribution < -0.4 is 10.1 Å². The van der Waals surface area contributed by atoms with Gasteiger partial charge in [-0.2, -0.15) is 30.7 Å². The predicted molar refractivity (Wildman–Crippen MR) is 245 cm³/mol. The third kappa shape index (κ3) is 12.0. The van der Waals surface area contributed by atoms with Crippen LogP contribution in [0.15, 0.2) is 81.9 Å². The van der Waals surface area contributed by atoms with Crippen molar-refractivity contribution in [2.45, 2.75) is 94.6 Å². The molecular weight excluding hydrogens is 965 g/mol. The Morgan fingerprint density at radius 2 is 1.64 bits per heavy atom. The number of amides is 1. The third-order valence-corrected chi connectivity index (χ3v) is 14.2. The highest BCUT2D eigenvalue weighted by Crippen LogP contribution is 2.51. The fraction of sp³-hybridized carbons (Fsp3) is 0.510. The molecule has 2 heterocycles. The molecule has 4 unspecified atom stereocenters. The lowest BCUT2D eigenvalue weighted by molar-refractivity contribution is -0.137. The molecule has 1 spiro atoms. The molecule has 3 aliphatic carbocycles. The van der Waals surface area contributed by atoms with E-state index in [1.165, 1.54) is 30.2 Å². The Morgan fingerprint density at radius 1 is 0.958 bits per heavy atom. The minimum absolute atomic E-state index is 0.0473. The van der Waals surface area contributed by atoms with Gasteiger partial charge in [-0.15, -0.1) is 0 Å². The van der Waals surface area contributed by atoms with Crippen LogP contribution in [-0.2, 0) is 36.5 Å². The molecule has 72 heavy (non-hydrogen) atoms. The Hall–Kier alpha value is -5.77. The van der Waals surface area contributed by atoms with Crippen molar-refractivity contribution in [2.75, 3.05) is 53.2 Å². The van der Waals surface area contributed by atoms with Gasteiger partial charge in [-0.1, -0.05) is 31.1 Å². The van der Waals surface area contributed by atoms with Gasteiger partial charge >= 0.3 is 12.4 Å². The SMILES string of the molecule is CN1/C(=C\Cc2ccc(OCCC3CCC3CCOCCOCCC(=O)NCC(O)CO)c(F)c2F)C(=O)C(=C(O)C(=N)c2ccc(C(F)(F)F)cc2C2=NC=C3CC3C(C(F)(F)F)=C2)C(=O)C12CCCC2. The summed E-state index contributed by atoms with van der Waals surface area (Å²) < 4.78 is 132. The molecule has 0 radical (unpaired) electrons. The highest BCUT2D eigenvalue weighted by molar-refractivity contribution is 6.35. The van der Waals surface area contributed by atoms with E-state index in [0.717, 1.165) is 31.5 Å². The van der Waals surface area contributed by atoms with E-state index in [2.05, 4.69) is 10.3 Å². The van der Waals surface area contributed by atoms with Crippen molar-refractivity contribution in [3.8, 4) is 5.75 Å². The molecule has 2 aliphatic heterocycles. The summed E-state index contributed by atoms with van der Waals surface area (Å²) in [5.74, 6) is -6.79. The zero-order valence-electron chi connectivity index (χ0n) is 39.4. The number of ether oxygens (including phenoxy) is 3. The quantitative estimate of drug-likeness (QED) is 0.0205. The molecule has 4 fully saturated rings. The van der Waals surface area contributed by atoms with Crippen LogP contribution in [0.4, 0.5) is 35.1 Å². The average Bonchev–Trinajstić information content (AvgIpc) is 3.97. The first kappa shape index (κ1) is 54.0. The van der Waals surface area contributed by atoms with E-state index in [1.54, 1.807) is 0 Å². The van der Waals surface area contributed by atoms with E-state index in [9.17, 15) is 50.9 Å². The number of aliphatic hydroxyl groups is 3. The van der Waals surface area contributed by atoms with E-state index >= 15 is 8.78 Å². The molecule has 2 aromatic rings. The number of nitrogens with zero attached hydrogens (tertiary/aromatic N) is 2. The number of ketones is 2. The summed E-state index contributed by atoms with van der Waals surface area (Å²) in [6.07, 6.45) is -3.49. The number of carbonyl (C=O) groups is 3. The molecule has 21 heteroatoms. The number of allylic oxidation sites excluding steroid dienone is 6. The summed E-state index contributed by atoms with van der Waals surface area (Å²) in [5, 5.41) is 41.3. The van der Waals surface area contributed by atoms with Crippen LogP contribution in [0.1, 0.15) is 86.5 Å². The Bertz CT molecular complexity index is 2580. The Kier molecular flexibility index (Phi) is 16.9. The molecule has 1 amide bonds. The summed E-state index contributed by atoms with van der Waals surface area (Å²) in [6, 6.07) is 4.34. The number of likely N-dealkylation sites (tertiary alicyclic amines) is 1. The fourth-order valence-electron chi connectivity index (χ4n) is 9.73. The minimum Gasteiger partial charge on any atom is -0.505 e. The van der Waals surface area contributed by atoms with E-state index in [4.69, 9.17) is 24.7 Å². The lowest BCUT2D eigenvalue weighted by Gasteiger charge is -2.44. The lowest BCUT2D eigenvalue weighted by atomic mass is 9.70. The Balaban J connectivity index is 1.00. The second kappa shape index (κ2) is 22.6. The molecule has 0 bridgehead atoms. The number of hydrogen-bond donors (Lipinski definition) is 5. The maximum absolute atomic E-state index is 15.7. The molecule has 390 valence electrons. The summed E-state index contributed by atoms with van der Waals surface area (Å²) in [6.45, 7) is 0.882. The van der Waals surface area contributed by atoms with Gasteiger partial charge in [0.15, 0.2) is 23.1 Å². The van der Waals surface area contributed by atoms with Crippen LogP contribution in [0.25, 0.3) is 0 Å². The third-order valence-electron chi connectivity index (χ3n) is 14.2. The highest BCUT2D eigenvalue weighted by Gasteiger charge is 2.54. The second-order valence-corrected chi connectivity index (χ2v) is 18.7. The first-order chi connectivity index (χ1) is 34.2. The molecule has 5 aliphatic rings. The smallest absolute Gasteiger partial charge is 0.416 e. The van der Waals surface area contributed by atoms with Gasteiger partial charge in [-0.25, -0.2) is 4.39 Å². The van der Waals surface area contributed by atoms with Gasteiger partial charge in [0, 0.05) is 55.4 Å². The number of alkyl halides is 6. The van der Waals surface area contributed by atoms with Crippen molar-refractivity contribution in [2.24, 2.45) is 22.7 Å². The molecule has 5 N–H and O–H groups in total. The van der Waals surface area contributed by atoms with Crippen molar-refractivity contribution < 1.29 is 79.0 Å². The van der Waals surface area contributed by atoms with E-state index in [0.29, 0.717) is 62.2 Å². The van der Waals surface area contributed by atoms with Gasteiger partial charge < -0.3 is 39.7 Å². The van der Waals surface area contributed by atoms with Gasteiger partial charge in [-0.05, 0) is 98.6 Å². The molecule has 3 saturated carbocycles. The topological polar surface area (TPSA) is 191 Å². The van der Waals surface area contributed by atoms with Crippen LogP contribution in [0.3, 0.4) is 0 Å². The summed E-state index contributed by atoms with van der Waals surface area (Å²) in [7, 11) is 1.46. The van der Waals surface area contributed by atoms with Crippen molar-refractivity contribution in [3.63, 3.8) is 0 Å². The standard InChI is InChI=1S/C51H56F8N4O9/c1-63-39(10-6-30-7-11-40(44(53)43(30)52)72-19-13-29-5-4-28(29)12-17-70-20-21-71-18-14-41(66)62-26-33(65)27-64)46(67)42(48(69)49(63)15-2-3-16-49)47(68)45(60)34-9-8-32(50(54,55)56)23-36(34)38-24-37(51(57,58)59)35-22-31(35)25-61-38/h7-11,23-25,28-29,33,35,60,64-65,68H,2-6,12-22,26-27H2,1H3,(H,62,66)/b39-10-,47-42?,60-45?. The van der Waals surface area contributed by atoms with Gasteiger partial charge in [0.25, 0.3) is 0 Å². The number of hydrogen-bond acceptors (Lipinski definition) is 12. The zero-order valence-corrected chi connectivity index (χ0v) is 39.4. The van der Waals surface area contributed by atoms with Crippen molar-refractivity contribution >= 4 is 28.9 Å². The van der Waals surface area contributed by atoms with E-state index < -0.39 is 105 Å².